The third-order valence-electron chi connectivity index (χ3n) is 3.58. The van der Waals surface area contributed by atoms with Crippen molar-refractivity contribution in [1.29, 1.82) is 0 Å². The first kappa shape index (κ1) is 17.5. The van der Waals surface area contributed by atoms with Gasteiger partial charge in [0.15, 0.2) is 0 Å². The monoisotopic (exact) mass is 335 g/mol. The summed E-state index contributed by atoms with van der Waals surface area (Å²) in [5.74, 6) is -2.57. The standard InChI is InChI=1S/C16H18FN3O4/c1-8(16(23)24)19-15(22)14(20-9(2)21)5-10-7-18-13-6-11(17)3-4-12(10)13/h3-4,6-8,14,18H,5H2,1-2H3,(H,19,22)(H,20,21)(H,23,24)/t8-,14?/m0/s1. The minimum atomic E-state index is -1.17. The quantitative estimate of drug-likeness (QED) is 0.629. The molecule has 128 valence electrons. The van der Waals surface area contributed by atoms with Crippen LogP contribution in [-0.2, 0) is 20.8 Å². The van der Waals surface area contributed by atoms with E-state index in [4.69, 9.17) is 5.11 Å². The molecule has 0 radical (unpaired) electrons. The number of rotatable bonds is 6. The van der Waals surface area contributed by atoms with Crippen molar-refractivity contribution in [3.63, 3.8) is 0 Å². The first-order valence-corrected chi connectivity index (χ1v) is 7.33. The summed E-state index contributed by atoms with van der Waals surface area (Å²) < 4.78 is 13.2. The van der Waals surface area contributed by atoms with Gasteiger partial charge >= 0.3 is 5.97 Å². The lowest BCUT2D eigenvalue weighted by Gasteiger charge is -2.19. The molecule has 2 atom stereocenters. The number of hydrogen-bond acceptors (Lipinski definition) is 3. The predicted octanol–water partition coefficient (Wildman–Crippen LogP) is 0.943. The van der Waals surface area contributed by atoms with Crippen molar-refractivity contribution in [2.24, 2.45) is 0 Å². The summed E-state index contributed by atoms with van der Waals surface area (Å²) >= 11 is 0. The number of halogens is 1. The molecule has 0 fully saturated rings. The Bertz CT molecular complexity index is 787. The van der Waals surface area contributed by atoms with Gasteiger partial charge in [0.1, 0.15) is 17.9 Å². The topological polar surface area (TPSA) is 111 Å². The lowest BCUT2D eigenvalue weighted by Crippen LogP contribution is -2.51. The summed E-state index contributed by atoms with van der Waals surface area (Å²) in [6, 6.07) is 2.21. The molecule has 0 aliphatic rings. The van der Waals surface area contributed by atoms with Crippen molar-refractivity contribution in [3.8, 4) is 0 Å². The smallest absolute Gasteiger partial charge is 0.325 e. The maximum Gasteiger partial charge on any atom is 0.325 e. The van der Waals surface area contributed by atoms with Crippen LogP contribution >= 0.6 is 0 Å². The zero-order valence-electron chi connectivity index (χ0n) is 13.2. The number of aliphatic carboxylic acids is 1. The van der Waals surface area contributed by atoms with Gasteiger partial charge in [-0.1, -0.05) is 0 Å². The molecule has 2 amide bonds. The minimum absolute atomic E-state index is 0.142. The van der Waals surface area contributed by atoms with Crippen molar-refractivity contribution < 1.29 is 23.9 Å². The highest BCUT2D eigenvalue weighted by Gasteiger charge is 2.24. The molecule has 0 spiro atoms. The Morgan fingerprint density at radius 2 is 2.00 bits per heavy atom. The van der Waals surface area contributed by atoms with Gasteiger partial charge in [0, 0.05) is 30.4 Å². The van der Waals surface area contributed by atoms with E-state index in [0.29, 0.717) is 11.1 Å². The molecule has 0 saturated carbocycles. The van der Waals surface area contributed by atoms with Gasteiger partial charge in [0.25, 0.3) is 0 Å². The van der Waals surface area contributed by atoms with Gasteiger partial charge in [-0.15, -0.1) is 0 Å². The Balaban J connectivity index is 2.22. The minimum Gasteiger partial charge on any atom is -0.480 e. The summed E-state index contributed by atoms with van der Waals surface area (Å²) in [6.07, 6.45) is 1.77. The summed E-state index contributed by atoms with van der Waals surface area (Å²) in [5.41, 5.74) is 1.28. The van der Waals surface area contributed by atoms with Crippen LogP contribution in [0.2, 0.25) is 0 Å². The molecule has 7 nitrogen and oxygen atoms in total. The zero-order chi connectivity index (χ0) is 17.9. The van der Waals surface area contributed by atoms with Gasteiger partial charge in [0.05, 0.1) is 0 Å². The Morgan fingerprint density at radius 3 is 2.62 bits per heavy atom. The molecule has 4 N–H and O–H groups in total. The highest BCUT2D eigenvalue weighted by molar-refractivity contribution is 5.91. The number of aromatic amines is 1. The maximum atomic E-state index is 13.2. The molecule has 1 heterocycles. The van der Waals surface area contributed by atoms with Crippen LogP contribution in [0.1, 0.15) is 19.4 Å². The number of benzene rings is 1. The molecular formula is C16H18FN3O4. The number of aromatic nitrogens is 1. The molecule has 24 heavy (non-hydrogen) atoms. The molecule has 0 aliphatic heterocycles. The summed E-state index contributed by atoms with van der Waals surface area (Å²) in [6.45, 7) is 2.60. The van der Waals surface area contributed by atoms with E-state index in [-0.39, 0.29) is 12.2 Å². The van der Waals surface area contributed by atoms with E-state index in [2.05, 4.69) is 15.6 Å². The number of hydrogen-bond donors (Lipinski definition) is 4. The van der Waals surface area contributed by atoms with Crippen molar-refractivity contribution in [1.82, 2.24) is 15.6 Å². The average Bonchev–Trinajstić information content (AvgIpc) is 2.87. The van der Waals surface area contributed by atoms with E-state index < -0.39 is 29.9 Å². The SMILES string of the molecule is CC(=O)NC(Cc1c[nH]c2cc(F)ccc12)C(=O)N[C@@H](C)C(=O)O. The van der Waals surface area contributed by atoms with E-state index in [1.807, 2.05) is 0 Å². The fraction of sp³-hybridized carbons (Fsp3) is 0.312. The lowest BCUT2D eigenvalue weighted by molar-refractivity contribution is -0.141. The molecule has 8 heteroatoms. The fourth-order valence-corrected chi connectivity index (χ4v) is 2.38. The number of fused-ring (bicyclic) bond motifs is 1. The van der Waals surface area contributed by atoms with Crippen molar-refractivity contribution >= 4 is 28.7 Å². The van der Waals surface area contributed by atoms with Crippen LogP contribution in [0.3, 0.4) is 0 Å². The summed E-state index contributed by atoms with van der Waals surface area (Å²) in [5, 5.41) is 14.4. The van der Waals surface area contributed by atoms with Gasteiger partial charge in [0.2, 0.25) is 11.8 Å². The third-order valence-corrected chi connectivity index (χ3v) is 3.58. The Kier molecular flexibility index (Phi) is 5.18. The molecule has 1 aromatic carbocycles. The second kappa shape index (κ2) is 7.12. The largest absolute Gasteiger partial charge is 0.480 e. The second-order valence-electron chi connectivity index (χ2n) is 5.53. The van der Waals surface area contributed by atoms with Crippen LogP contribution in [0, 0.1) is 5.82 Å². The molecule has 0 aliphatic carbocycles. The van der Waals surface area contributed by atoms with Gasteiger partial charge < -0.3 is 20.7 Å². The van der Waals surface area contributed by atoms with Crippen molar-refractivity contribution in [2.75, 3.05) is 0 Å². The van der Waals surface area contributed by atoms with E-state index in [9.17, 15) is 18.8 Å². The number of nitrogens with one attached hydrogen (secondary N) is 3. The molecule has 1 aromatic heterocycles. The van der Waals surface area contributed by atoms with Crippen molar-refractivity contribution in [3.05, 3.63) is 35.8 Å². The number of carbonyl (C=O) groups is 3. The lowest BCUT2D eigenvalue weighted by atomic mass is 10.0. The normalized spacial score (nSPS) is 13.3. The van der Waals surface area contributed by atoms with Crippen LogP contribution in [0.15, 0.2) is 24.4 Å². The van der Waals surface area contributed by atoms with Gasteiger partial charge in [-0.3, -0.25) is 14.4 Å². The number of carboxylic acid groups (broad SMARTS) is 1. The summed E-state index contributed by atoms with van der Waals surface area (Å²) in [7, 11) is 0. The van der Waals surface area contributed by atoms with Crippen LogP contribution < -0.4 is 10.6 Å². The highest BCUT2D eigenvalue weighted by Crippen LogP contribution is 2.20. The number of amides is 2. The van der Waals surface area contributed by atoms with Crippen LogP contribution in [0.5, 0.6) is 0 Å². The maximum absolute atomic E-state index is 13.2. The molecule has 2 aromatic rings. The van der Waals surface area contributed by atoms with Gasteiger partial charge in [-0.25, -0.2) is 4.39 Å². The van der Waals surface area contributed by atoms with E-state index in [1.165, 1.54) is 26.0 Å². The van der Waals surface area contributed by atoms with Crippen LogP contribution in [0.25, 0.3) is 10.9 Å². The van der Waals surface area contributed by atoms with Gasteiger partial charge in [-0.2, -0.15) is 0 Å². The van der Waals surface area contributed by atoms with E-state index in [0.717, 1.165) is 5.39 Å². The zero-order valence-corrected chi connectivity index (χ0v) is 13.2. The third kappa shape index (κ3) is 4.09. The number of carbonyl (C=O) groups excluding carboxylic acids is 2. The number of carboxylic acids is 1. The molecular weight excluding hydrogens is 317 g/mol. The predicted molar refractivity (Wildman–Crippen MR) is 84.8 cm³/mol. The first-order valence-electron chi connectivity index (χ1n) is 7.33. The number of H-pyrrole nitrogens is 1. The van der Waals surface area contributed by atoms with Crippen LogP contribution in [0.4, 0.5) is 4.39 Å². The van der Waals surface area contributed by atoms with Crippen molar-refractivity contribution in [2.45, 2.75) is 32.4 Å². The van der Waals surface area contributed by atoms with E-state index in [1.54, 1.807) is 12.3 Å². The Hall–Kier alpha value is -2.90. The average molecular weight is 335 g/mol. The Morgan fingerprint density at radius 1 is 1.29 bits per heavy atom. The Labute approximate surface area is 137 Å². The molecule has 0 saturated heterocycles. The fourth-order valence-electron chi connectivity index (χ4n) is 2.38. The van der Waals surface area contributed by atoms with Gasteiger partial charge in [-0.05, 0) is 30.7 Å². The summed E-state index contributed by atoms with van der Waals surface area (Å²) in [4.78, 5) is 37.4. The molecule has 1 unspecified atom stereocenters. The van der Waals surface area contributed by atoms with Crippen LogP contribution in [-0.4, -0.2) is 40.0 Å². The highest BCUT2D eigenvalue weighted by atomic mass is 19.1. The molecule has 2 rings (SSSR count). The van der Waals surface area contributed by atoms with E-state index >= 15 is 0 Å². The first-order chi connectivity index (χ1) is 11.3. The second-order valence-corrected chi connectivity index (χ2v) is 5.53. The molecule has 0 bridgehead atoms.